The molecule has 0 aromatic rings. The van der Waals surface area contributed by atoms with Crippen molar-refractivity contribution in [3.63, 3.8) is 0 Å². The van der Waals surface area contributed by atoms with E-state index in [1.165, 1.54) is 0 Å². The monoisotopic (exact) mass is 240 g/mol. The van der Waals surface area contributed by atoms with Crippen molar-refractivity contribution < 1.29 is 19.8 Å². The summed E-state index contributed by atoms with van der Waals surface area (Å²) in [5.41, 5.74) is -0.135. The number of carbonyl (C=O) groups is 2. The van der Waals surface area contributed by atoms with E-state index < -0.39 is 11.9 Å². The maximum Gasteiger partial charge on any atom is 0.330 e. The Labute approximate surface area is 102 Å². The van der Waals surface area contributed by atoms with E-state index in [1.807, 2.05) is 13.8 Å². The zero-order valence-corrected chi connectivity index (χ0v) is 10.5. The predicted molar refractivity (Wildman–Crippen MR) is 65.8 cm³/mol. The Balaban J connectivity index is 4.90. The summed E-state index contributed by atoms with van der Waals surface area (Å²) in [6.45, 7) is 10.9. The maximum absolute atomic E-state index is 10.8. The van der Waals surface area contributed by atoms with Crippen LogP contribution in [0.2, 0.25) is 0 Å². The molecule has 0 aliphatic carbocycles. The van der Waals surface area contributed by atoms with Crippen LogP contribution in [0.3, 0.4) is 0 Å². The van der Waals surface area contributed by atoms with Gasteiger partial charge in [-0.2, -0.15) is 0 Å². The van der Waals surface area contributed by atoms with Crippen LogP contribution in [-0.2, 0) is 9.59 Å². The van der Waals surface area contributed by atoms with Crippen LogP contribution in [0.25, 0.3) is 0 Å². The minimum Gasteiger partial charge on any atom is -0.478 e. The Morgan fingerprint density at radius 2 is 1.24 bits per heavy atom. The number of aliphatic carboxylic acids is 2. The second-order valence-corrected chi connectivity index (χ2v) is 4.38. The molecule has 0 atom stereocenters. The lowest BCUT2D eigenvalue weighted by Crippen LogP contribution is -2.24. The lowest BCUT2D eigenvalue weighted by molar-refractivity contribution is -0.133. The van der Waals surface area contributed by atoms with Crippen LogP contribution in [0.4, 0.5) is 0 Å². The van der Waals surface area contributed by atoms with Gasteiger partial charge in [-0.1, -0.05) is 27.0 Å². The van der Waals surface area contributed by atoms with Gasteiger partial charge in [0.05, 0.1) is 0 Å². The van der Waals surface area contributed by atoms with Crippen molar-refractivity contribution in [1.82, 2.24) is 0 Å². The molecular formula is C13H20O4. The molecule has 4 heteroatoms. The van der Waals surface area contributed by atoms with E-state index in [1.54, 1.807) is 0 Å². The second-order valence-electron chi connectivity index (χ2n) is 4.38. The number of carboxylic acid groups (broad SMARTS) is 2. The molecule has 0 aliphatic heterocycles. The highest BCUT2D eigenvalue weighted by atomic mass is 16.4. The van der Waals surface area contributed by atoms with Gasteiger partial charge in [0.1, 0.15) is 0 Å². The third-order valence-electron chi connectivity index (χ3n) is 3.28. The number of hydrogen-bond acceptors (Lipinski definition) is 2. The Hall–Kier alpha value is -1.58. The van der Waals surface area contributed by atoms with Crippen molar-refractivity contribution in [2.75, 3.05) is 0 Å². The van der Waals surface area contributed by atoms with Gasteiger partial charge in [-0.15, -0.1) is 0 Å². The average Bonchev–Trinajstić information content (AvgIpc) is 2.27. The van der Waals surface area contributed by atoms with E-state index in [0.717, 1.165) is 0 Å². The minimum atomic E-state index is -1.03. The molecule has 0 saturated heterocycles. The molecule has 0 rings (SSSR count). The zero-order valence-electron chi connectivity index (χ0n) is 10.5. The molecule has 96 valence electrons. The molecule has 2 N–H and O–H groups in total. The molecule has 0 radical (unpaired) electrons. The quantitative estimate of drug-likeness (QED) is 0.640. The topological polar surface area (TPSA) is 74.6 Å². The fourth-order valence-electron chi connectivity index (χ4n) is 1.87. The van der Waals surface area contributed by atoms with Gasteiger partial charge in [0.2, 0.25) is 0 Å². The second kappa shape index (κ2) is 6.23. The van der Waals surface area contributed by atoms with Gasteiger partial charge >= 0.3 is 11.9 Å². The average molecular weight is 240 g/mol. The summed E-state index contributed by atoms with van der Waals surface area (Å²) in [5.74, 6) is -2.06. The first-order chi connectivity index (χ1) is 7.78. The van der Waals surface area contributed by atoms with Crippen molar-refractivity contribution in [1.29, 1.82) is 0 Å². The Kier molecular flexibility index (Phi) is 5.65. The van der Waals surface area contributed by atoms with Crippen LogP contribution in [0, 0.1) is 5.41 Å². The lowest BCUT2D eigenvalue weighted by atomic mass is 9.72. The third-order valence-corrected chi connectivity index (χ3v) is 3.28. The van der Waals surface area contributed by atoms with Crippen molar-refractivity contribution >= 4 is 11.9 Å². The summed E-state index contributed by atoms with van der Waals surface area (Å²) in [6, 6.07) is 0. The van der Waals surface area contributed by atoms with Crippen molar-refractivity contribution in [2.45, 2.75) is 39.5 Å². The van der Waals surface area contributed by atoms with Gasteiger partial charge in [0, 0.05) is 11.1 Å². The van der Waals surface area contributed by atoms with Crippen LogP contribution in [0.1, 0.15) is 39.5 Å². The molecule has 17 heavy (non-hydrogen) atoms. The Bertz CT molecular complexity index is 307. The predicted octanol–water partition coefficient (Wildman–Crippen LogP) is 2.85. The van der Waals surface area contributed by atoms with Crippen LogP contribution in [0.5, 0.6) is 0 Å². The molecule has 0 amide bonds. The van der Waals surface area contributed by atoms with E-state index in [-0.39, 0.29) is 16.6 Å². The molecule has 0 aromatic carbocycles. The zero-order chi connectivity index (χ0) is 13.6. The SMILES string of the molecule is C=C(CC(CC)(CC)CC(=C)C(=O)O)C(=O)O. The van der Waals surface area contributed by atoms with Crippen molar-refractivity contribution in [3.05, 3.63) is 24.3 Å². The van der Waals surface area contributed by atoms with E-state index >= 15 is 0 Å². The maximum atomic E-state index is 10.8. The highest BCUT2D eigenvalue weighted by Gasteiger charge is 2.30. The van der Waals surface area contributed by atoms with E-state index in [0.29, 0.717) is 25.7 Å². The highest BCUT2D eigenvalue weighted by molar-refractivity contribution is 5.87. The molecule has 0 heterocycles. The first-order valence-electron chi connectivity index (χ1n) is 5.60. The lowest BCUT2D eigenvalue weighted by Gasteiger charge is -2.32. The van der Waals surface area contributed by atoms with E-state index in [9.17, 15) is 9.59 Å². The third kappa shape index (κ3) is 4.43. The van der Waals surface area contributed by atoms with Crippen molar-refractivity contribution in [3.8, 4) is 0 Å². The van der Waals surface area contributed by atoms with E-state index in [2.05, 4.69) is 13.2 Å². The van der Waals surface area contributed by atoms with Crippen LogP contribution in [0.15, 0.2) is 24.3 Å². The van der Waals surface area contributed by atoms with Crippen LogP contribution >= 0.6 is 0 Å². The van der Waals surface area contributed by atoms with Gasteiger partial charge in [0.15, 0.2) is 0 Å². The van der Waals surface area contributed by atoms with Crippen LogP contribution < -0.4 is 0 Å². The smallest absolute Gasteiger partial charge is 0.330 e. The Morgan fingerprint density at radius 1 is 0.941 bits per heavy atom. The Morgan fingerprint density at radius 3 is 1.41 bits per heavy atom. The fraction of sp³-hybridized carbons (Fsp3) is 0.538. The number of hydrogen-bond donors (Lipinski definition) is 2. The minimum absolute atomic E-state index is 0.117. The molecule has 0 spiro atoms. The summed E-state index contributed by atoms with van der Waals surface area (Å²) in [6.07, 6.45) is 1.98. The summed E-state index contributed by atoms with van der Waals surface area (Å²) < 4.78 is 0. The molecule has 0 aromatic heterocycles. The molecule has 4 nitrogen and oxygen atoms in total. The van der Waals surface area contributed by atoms with Gasteiger partial charge < -0.3 is 10.2 Å². The summed E-state index contributed by atoms with van der Waals surface area (Å²) >= 11 is 0. The standard InChI is InChI=1S/C13H20O4/c1-5-13(6-2,7-9(3)11(14)15)8-10(4)12(16)17/h3-8H2,1-2H3,(H,14,15)(H,16,17). The summed E-state index contributed by atoms with van der Waals surface area (Å²) in [5, 5.41) is 17.7. The fourth-order valence-corrected chi connectivity index (χ4v) is 1.87. The number of carboxylic acids is 2. The first kappa shape index (κ1) is 15.4. The van der Waals surface area contributed by atoms with Gasteiger partial charge in [0.25, 0.3) is 0 Å². The molecule has 0 unspecified atom stereocenters. The van der Waals surface area contributed by atoms with Gasteiger partial charge in [-0.05, 0) is 31.1 Å². The van der Waals surface area contributed by atoms with Gasteiger partial charge in [-0.3, -0.25) is 0 Å². The molecule has 0 fully saturated rings. The number of rotatable bonds is 8. The summed E-state index contributed by atoms with van der Waals surface area (Å²) in [4.78, 5) is 21.6. The molecular weight excluding hydrogens is 220 g/mol. The van der Waals surface area contributed by atoms with E-state index in [4.69, 9.17) is 10.2 Å². The van der Waals surface area contributed by atoms with Crippen molar-refractivity contribution in [2.24, 2.45) is 5.41 Å². The largest absolute Gasteiger partial charge is 0.478 e. The van der Waals surface area contributed by atoms with Crippen LogP contribution in [-0.4, -0.2) is 22.2 Å². The highest BCUT2D eigenvalue weighted by Crippen LogP contribution is 2.39. The molecule has 0 saturated carbocycles. The normalized spacial score (nSPS) is 10.9. The molecule has 0 bridgehead atoms. The molecule has 0 aliphatic rings. The first-order valence-corrected chi connectivity index (χ1v) is 5.60. The van der Waals surface area contributed by atoms with Gasteiger partial charge in [-0.25, -0.2) is 9.59 Å². The summed E-state index contributed by atoms with van der Waals surface area (Å²) in [7, 11) is 0.